The molecule has 2 atom stereocenters. The van der Waals surface area contributed by atoms with Gasteiger partial charge in [0.1, 0.15) is 12.4 Å². The van der Waals surface area contributed by atoms with E-state index in [2.05, 4.69) is 18.7 Å². The Morgan fingerprint density at radius 3 is 2.56 bits per heavy atom. The molecule has 0 aromatic heterocycles. The second kappa shape index (κ2) is 8.30. The summed E-state index contributed by atoms with van der Waals surface area (Å²) in [6.07, 6.45) is 2.52. The van der Waals surface area contributed by atoms with Gasteiger partial charge in [-0.15, -0.1) is 0 Å². The molecule has 3 rings (SSSR count). The van der Waals surface area contributed by atoms with Crippen LogP contribution in [0.25, 0.3) is 0 Å². The van der Waals surface area contributed by atoms with Crippen molar-refractivity contribution in [2.45, 2.75) is 33.1 Å². The van der Waals surface area contributed by atoms with Gasteiger partial charge >= 0.3 is 5.97 Å². The zero-order valence-electron chi connectivity index (χ0n) is 16.3. The first kappa shape index (κ1) is 19.7. The number of carboxylic acids is 1. The summed E-state index contributed by atoms with van der Waals surface area (Å²) in [6.45, 7) is 8.63. The first-order valence-corrected chi connectivity index (χ1v) is 9.98. The van der Waals surface area contributed by atoms with Crippen molar-refractivity contribution in [1.82, 2.24) is 9.80 Å². The number of carbonyl (C=O) groups excluding carboxylic acids is 1. The van der Waals surface area contributed by atoms with Crippen LogP contribution in [0.15, 0.2) is 24.3 Å². The molecule has 0 bridgehead atoms. The number of likely N-dealkylation sites (N-methyl/N-ethyl adjacent to an activating group) is 1. The number of hydrogen-bond acceptors (Lipinski definition) is 4. The van der Waals surface area contributed by atoms with Crippen molar-refractivity contribution in [3.05, 3.63) is 29.8 Å². The van der Waals surface area contributed by atoms with Gasteiger partial charge < -0.3 is 19.6 Å². The number of benzene rings is 1. The lowest BCUT2D eigenvalue weighted by atomic mass is 9.81. The number of aliphatic carboxylic acids is 1. The Morgan fingerprint density at radius 1 is 1.26 bits per heavy atom. The van der Waals surface area contributed by atoms with Crippen molar-refractivity contribution < 1.29 is 19.4 Å². The molecule has 2 aliphatic rings. The Labute approximate surface area is 161 Å². The highest BCUT2D eigenvalue weighted by Crippen LogP contribution is 2.49. The molecule has 1 aliphatic carbocycles. The molecule has 1 N–H and O–H groups in total. The van der Waals surface area contributed by atoms with Crippen LogP contribution < -0.4 is 4.74 Å². The standard InChI is InChI=1S/C21H30N2O4/c1-3-22(4-2)12-13-27-18-9-7-16(8-10-18)19(24)23-14-17-6-5-11-21(17,15-23)20(25)26/h7-10,17H,3-6,11-15H2,1-2H3,(H,25,26)/t17-,21+/m0/s1. The maximum atomic E-state index is 12.8. The van der Waals surface area contributed by atoms with Crippen molar-refractivity contribution in [1.29, 1.82) is 0 Å². The van der Waals surface area contributed by atoms with Crippen molar-refractivity contribution in [2.75, 3.05) is 39.3 Å². The molecule has 0 unspecified atom stereocenters. The van der Waals surface area contributed by atoms with Gasteiger partial charge in [-0.1, -0.05) is 20.3 Å². The molecule has 0 spiro atoms. The van der Waals surface area contributed by atoms with Gasteiger partial charge in [0.25, 0.3) is 5.91 Å². The lowest BCUT2D eigenvalue weighted by Crippen LogP contribution is -2.37. The predicted molar refractivity (Wildman–Crippen MR) is 103 cm³/mol. The summed E-state index contributed by atoms with van der Waals surface area (Å²) in [5.41, 5.74) is -0.144. The number of likely N-dealkylation sites (tertiary alicyclic amines) is 1. The summed E-state index contributed by atoms with van der Waals surface area (Å²) in [4.78, 5) is 28.6. The van der Waals surface area contributed by atoms with Crippen molar-refractivity contribution >= 4 is 11.9 Å². The number of rotatable bonds is 8. The van der Waals surface area contributed by atoms with Crippen LogP contribution in [0.4, 0.5) is 0 Å². The molecule has 1 amide bonds. The third-order valence-corrected chi connectivity index (χ3v) is 6.26. The summed E-state index contributed by atoms with van der Waals surface area (Å²) < 4.78 is 5.76. The van der Waals surface area contributed by atoms with Crippen LogP contribution in [-0.4, -0.2) is 66.1 Å². The van der Waals surface area contributed by atoms with Gasteiger partial charge in [-0.2, -0.15) is 0 Å². The van der Waals surface area contributed by atoms with Crippen LogP contribution in [0, 0.1) is 11.3 Å². The number of amides is 1. The van der Waals surface area contributed by atoms with Crippen molar-refractivity contribution in [2.24, 2.45) is 11.3 Å². The van der Waals surface area contributed by atoms with Gasteiger partial charge in [0.2, 0.25) is 0 Å². The van der Waals surface area contributed by atoms with E-state index < -0.39 is 11.4 Å². The van der Waals surface area contributed by atoms with E-state index in [1.54, 1.807) is 17.0 Å². The van der Waals surface area contributed by atoms with E-state index in [1.807, 2.05) is 12.1 Å². The van der Waals surface area contributed by atoms with Crippen molar-refractivity contribution in [3.8, 4) is 5.75 Å². The second-order valence-corrected chi connectivity index (χ2v) is 7.64. The fraction of sp³-hybridized carbons (Fsp3) is 0.619. The number of hydrogen-bond donors (Lipinski definition) is 1. The lowest BCUT2D eigenvalue weighted by Gasteiger charge is -2.23. The predicted octanol–water partition coefficient (Wildman–Crippen LogP) is 2.73. The van der Waals surface area contributed by atoms with E-state index in [1.165, 1.54) is 0 Å². The van der Waals surface area contributed by atoms with E-state index in [0.29, 0.717) is 31.7 Å². The SMILES string of the molecule is CCN(CC)CCOc1ccc(C(=O)N2C[C@@H]3CCC[C@@]3(C(=O)O)C2)cc1. The third kappa shape index (κ3) is 3.95. The van der Waals surface area contributed by atoms with Crippen LogP contribution in [0.5, 0.6) is 5.75 Å². The molecule has 1 aliphatic heterocycles. The second-order valence-electron chi connectivity index (χ2n) is 7.64. The third-order valence-electron chi connectivity index (χ3n) is 6.26. The average Bonchev–Trinajstić information content (AvgIpc) is 3.24. The number of ether oxygens (including phenoxy) is 1. The number of nitrogens with zero attached hydrogens (tertiary/aromatic N) is 2. The summed E-state index contributed by atoms with van der Waals surface area (Å²) in [7, 11) is 0. The highest BCUT2D eigenvalue weighted by atomic mass is 16.5. The largest absolute Gasteiger partial charge is 0.492 e. The monoisotopic (exact) mass is 374 g/mol. The fourth-order valence-corrected chi connectivity index (χ4v) is 4.50. The molecule has 148 valence electrons. The first-order valence-electron chi connectivity index (χ1n) is 9.98. The maximum absolute atomic E-state index is 12.8. The van der Waals surface area contributed by atoms with E-state index in [4.69, 9.17) is 4.74 Å². The zero-order valence-corrected chi connectivity index (χ0v) is 16.3. The summed E-state index contributed by atoms with van der Waals surface area (Å²) >= 11 is 0. The van der Waals surface area contributed by atoms with Gasteiger partial charge in [0.15, 0.2) is 0 Å². The Kier molecular flexibility index (Phi) is 6.05. The lowest BCUT2D eigenvalue weighted by molar-refractivity contribution is -0.149. The molecule has 1 aromatic rings. The Hall–Kier alpha value is -2.08. The first-order chi connectivity index (χ1) is 13.0. The molecule has 0 radical (unpaired) electrons. The molecule has 1 saturated carbocycles. The molecule has 1 heterocycles. The molecule has 1 saturated heterocycles. The van der Waals surface area contributed by atoms with Gasteiger partial charge in [0, 0.05) is 25.2 Å². The molecule has 2 fully saturated rings. The Morgan fingerprint density at radius 2 is 1.96 bits per heavy atom. The highest BCUT2D eigenvalue weighted by molar-refractivity contribution is 5.95. The highest BCUT2D eigenvalue weighted by Gasteiger charge is 2.55. The van der Waals surface area contributed by atoms with Gasteiger partial charge in [0.05, 0.1) is 5.41 Å². The van der Waals surface area contributed by atoms with Gasteiger partial charge in [-0.3, -0.25) is 9.59 Å². The van der Waals surface area contributed by atoms with Crippen LogP contribution in [-0.2, 0) is 4.79 Å². The average molecular weight is 374 g/mol. The van der Waals surface area contributed by atoms with Crippen molar-refractivity contribution in [3.63, 3.8) is 0 Å². The minimum Gasteiger partial charge on any atom is -0.492 e. The van der Waals surface area contributed by atoms with E-state index in [-0.39, 0.29) is 11.8 Å². The molecule has 27 heavy (non-hydrogen) atoms. The minimum atomic E-state index is -0.753. The fourth-order valence-electron chi connectivity index (χ4n) is 4.50. The normalized spacial score (nSPS) is 24.3. The summed E-state index contributed by atoms with van der Waals surface area (Å²) in [6, 6.07) is 7.19. The van der Waals surface area contributed by atoms with Crippen LogP contribution >= 0.6 is 0 Å². The number of fused-ring (bicyclic) bond motifs is 1. The molecule has 1 aromatic carbocycles. The number of carboxylic acid groups (broad SMARTS) is 1. The summed E-state index contributed by atoms with van der Waals surface area (Å²) in [5.74, 6) is -0.00222. The van der Waals surface area contributed by atoms with Crippen LogP contribution in [0.1, 0.15) is 43.5 Å². The molecular formula is C21H30N2O4. The minimum absolute atomic E-state index is 0.0836. The van der Waals surface area contributed by atoms with E-state index in [9.17, 15) is 14.7 Å². The quantitative estimate of drug-likeness (QED) is 0.758. The van der Waals surface area contributed by atoms with Gasteiger partial charge in [-0.25, -0.2) is 0 Å². The Balaban J connectivity index is 1.58. The maximum Gasteiger partial charge on any atom is 0.311 e. The molecule has 6 heteroatoms. The summed E-state index contributed by atoms with van der Waals surface area (Å²) in [5, 5.41) is 9.68. The topological polar surface area (TPSA) is 70.1 Å². The van der Waals surface area contributed by atoms with Gasteiger partial charge in [-0.05, 0) is 56.1 Å². The zero-order chi connectivity index (χ0) is 19.4. The van der Waals surface area contributed by atoms with E-state index in [0.717, 1.165) is 38.2 Å². The molecule has 6 nitrogen and oxygen atoms in total. The van der Waals surface area contributed by atoms with Crippen LogP contribution in [0.2, 0.25) is 0 Å². The molecular weight excluding hydrogens is 344 g/mol. The Bertz CT molecular complexity index is 671. The van der Waals surface area contributed by atoms with Crippen LogP contribution in [0.3, 0.4) is 0 Å². The number of carbonyl (C=O) groups is 2. The smallest absolute Gasteiger partial charge is 0.311 e. The van der Waals surface area contributed by atoms with E-state index >= 15 is 0 Å².